The van der Waals surface area contributed by atoms with E-state index in [-0.39, 0.29) is 0 Å². The van der Waals surface area contributed by atoms with Crippen molar-refractivity contribution in [2.75, 3.05) is 17.7 Å². The quantitative estimate of drug-likeness (QED) is 0.744. The molecule has 4 heteroatoms. The first-order valence-electron chi connectivity index (χ1n) is 5.68. The van der Waals surface area contributed by atoms with E-state index in [0.29, 0.717) is 16.8 Å². The molecule has 1 atom stereocenters. The van der Waals surface area contributed by atoms with E-state index >= 15 is 0 Å². The van der Waals surface area contributed by atoms with Crippen molar-refractivity contribution in [3.05, 3.63) is 23.4 Å². The van der Waals surface area contributed by atoms with Gasteiger partial charge in [0.25, 0.3) is 0 Å². The summed E-state index contributed by atoms with van der Waals surface area (Å²) in [5.74, 6) is 2.07. The summed E-state index contributed by atoms with van der Waals surface area (Å²) in [6.45, 7) is 3.08. The SMILES string of the molecule is CCCC(CCCl)CNc1ncccc1Cl. The number of alkyl halides is 1. The van der Waals surface area contributed by atoms with Crippen molar-refractivity contribution in [1.82, 2.24) is 4.98 Å². The van der Waals surface area contributed by atoms with Crippen LogP contribution in [0.5, 0.6) is 0 Å². The van der Waals surface area contributed by atoms with Gasteiger partial charge in [0.1, 0.15) is 5.82 Å². The predicted molar refractivity (Wildman–Crippen MR) is 71.5 cm³/mol. The normalized spacial score (nSPS) is 12.4. The Kier molecular flexibility index (Phi) is 6.58. The van der Waals surface area contributed by atoms with Gasteiger partial charge >= 0.3 is 0 Å². The van der Waals surface area contributed by atoms with Gasteiger partial charge in [-0.25, -0.2) is 4.98 Å². The zero-order valence-corrected chi connectivity index (χ0v) is 11.1. The molecule has 0 aliphatic heterocycles. The number of hydrogen-bond donors (Lipinski definition) is 1. The van der Waals surface area contributed by atoms with Crippen LogP contribution in [0.1, 0.15) is 26.2 Å². The van der Waals surface area contributed by atoms with Crippen molar-refractivity contribution >= 4 is 29.0 Å². The molecule has 0 aromatic carbocycles. The smallest absolute Gasteiger partial charge is 0.144 e. The lowest BCUT2D eigenvalue weighted by molar-refractivity contribution is 0.489. The highest BCUT2D eigenvalue weighted by molar-refractivity contribution is 6.32. The average Bonchev–Trinajstić information content (AvgIpc) is 2.28. The molecule has 1 aromatic rings. The second kappa shape index (κ2) is 7.75. The van der Waals surface area contributed by atoms with E-state index in [1.807, 2.05) is 12.1 Å². The zero-order chi connectivity index (χ0) is 11.8. The van der Waals surface area contributed by atoms with Crippen LogP contribution in [0.2, 0.25) is 5.02 Å². The number of anilines is 1. The Balaban J connectivity index is 2.45. The van der Waals surface area contributed by atoms with E-state index in [4.69, 9.17) is 23.2 Å². The van der Waals surface area contributed by atoms with Gasteiger partial charge in [0.2, 0.25) is 0 Å². The molecule has 1 unspecified atom stereocenters. The lowest BCUT2D eigenvalue weighted by Crippen LogP contribution is -2.15. The fraction of sp³-hybridized carbons (Fsp3) is 0.583. The van der Waals surface area contributed by atoms with Crippen molar-refractivity contribution in [2.45, 2.75) is 26.2 Å². The molecule has 2 nitrogen and oxygen atoms in total. The van der Waals surface area contributed by atoms with Crippen LogP contribution in [-0.2, 0) is 0 Å². The molecule has 1 aromatic heterocycles. The molecule has 0 aliphatic carbocycles. The minimum absolute atomic E-state index is 0.598. The molecular weight excluding hydrogens is 243 g/mol. The molecule has 0 saturated heterocycles. The molecule has 0 aliphatic rings. The third-order valence-electron chi connectivity index (χ3n) is 2.53. The summed E-state index contributed by atoms with van der Waals surface area (Å²) in [5, 5.41) is 3.95. The molecule has 0 bridgehead atoms. The summed E-state index contributed by atoms with van der Waals surface area (Å²) in [7, 11) is 0. The van der Waals surface area contributed by atoms with E-state index in [2.05, 4.69) is 17.2 Å². The minimum atomic E-state index is 0.598. The molecule has 1 heterocycles. The number of rotatable bonds is 7. The maximum atomic E-state index is 6.01. The van der Waals surface area contributed by atoms with Gasteiger partial charge in [0, 0.05) is 18.6 Å². The van der Waals surface area contributed by atoms with Crippen LogP contribution in [-0.4, -0.2) is 17.4 Å². The molecule has 90 valence electrons. The van der Waals surface area contributed by atoms with Crippen LogP contribution >= 0.6 is 23.2 Å². The first-order chi connectivity index (χ1) is 7.77. The van der Waals surface area contributed by atoms with Gasteiger partial charge in [-0.2, -0.15) is 0 Å². The summed E-state index contributed by atoms with van der Waals surface area (Å²) in [6, 6.07) is 3.67. The highest BCUT2D eigenvalue weighted by atomic mass is 35.5. The Morgan fingerprint density at radius 3 is 2.88 bits per heavy atom. The van der Waals surface area contributed by atoms with Crippen molar-refractivity contribution in [3.63, 3.8) is 0 Å². The lowest BCUT2D eigenvalue weighted by Gasteiger charge is -2.16. The standard InChI is InChI=1S/C12H18Cl2N2/c1-2-4-10(6-7-13)9-16-12-11(14)5-3-8-15-12/h3,5,8,10H,2,4,6-7,9H2,1H3,(H,15,16). The molecule has 0 saturated carbocycles. The number of hydrogen-bond acceptors (Lipinski definition) is 2. The van der Waals surface area contributed by atoms with E-state index in [1.54, 1.807) is 6.20 Å². The van der Waals surface area contributed by atoms with Crippen molar-refractivity contribution in [3.8, 4) is 0 Å². The highest BCUT2D eigenvalue weighted by Crippen LogP contribution is 2.19. The Bertz CT molecular complexity index is 299. The fourth-order valence-electron chi connectivity index (χ4n) is 1.67. The maximum absolute atomic E-state index is 6.01. The second-order valence-corrected chi connectivity index (χ2v) is 4.63. The van der Waals surface area contributed by atoms with Gasteiger partial charge in [-0.15, -0.1) is 11.6 Å². The summed E-state index contributed by atoms with van der Waals surface area (Å²) in [4.78, 5) is 4.19. The summed E-state index contributed by atoms with van der Waals surface area (Å²) in [6.07, 6.45) is 5.14. The average molecular weight is 261 g/mol. The van der Waals surface area contributed by atoms with E-state index in [9.17, 15) is 0 Å². The monoisotopic (exact) mass is 260 g/mol. The third kappa shape index (κ3) is 4.58. The molecule has 1 rings (SSSR count). The predicted octanol–water partition coefficient (Wildman–Crippen LogP) is 4.19. The van der Waals surface area contributed by atoms with E-state index < -0.39 is 0 Å². The Morgan fingerprint density at radius 2 is 2.25 bits per heavy atom. The minimum Gasteiger partial charge on any atom is -0.369 e. The maximum Gasteiger partial charge on any atom is 0.144 e. The van der Waals surface area contributed by atoms with Crippen molar-refractivity contribution in [1.29, 1.82) is 0 Å². The first-order valence-corrected chi connectivity index (χ1v) is 6.59. The Morgan fingerprint density at radius 1 is 1.44 bits per heavy atom. The number of nitrogens with zero attached hydrogens (tertiary/aromatic N) is 1. The van der Waals surface area contributed by atoms with E-state index in [0.717, 1.165) is 18.8 Å². The molecule has 1 N–H and O–H groups in total. The number of halogens is 2. The second-order valence-electron chi connectivity index (χ2n) is 3.85. The van der Waals surface area contributed by atoms with Crippen molar-refractivity contribution in [2.24, 2.45) is 5.92 Å². The van der Waals surface area contributed by atoms with Crippen molar-refractivity contribution < 1.29 is 0 Å². The molecule has 0 radical (unpaired) electrons. The number of pyridine rings is 1. The van der Waals surface area contributed by atoms with Crippen LogP contribution in [0.4, 0.5) is 5.82 Å². The number of nitrogens with one attached hydrogen (secondary N) is 1. The molecule has 0 fully saturated rings. The molecule has 0 amide bonds. The largest absolute Gasteiger partial charge is 0.369 e. The van der Waals surface area contributed by atoms with Crippen LogP contribution in [0, 0.1) is 5.92 Å². The fourth-order valence-corrected chi connectivity index (χ4v) is 2.16. The number of aromatic nitrogens is 1. The van der Waals surface area contributed by atoms with Gasteiger partial charge in [-0.3, -0.25) is 0 Å². The summed E-state index contributed by atoms with van der Waals surface area (Å²) < 4.78 is 0. The Labute approximate surface area is 107 Å². The van der Waals surface area contributed by atoms with Gasteiger partial charge < -0.3 is 5.32 Å². The highest BCUT2D eigenvalue weighted by Gasteiger charge is 2.08. The van der Waals surface area contributed by atoms with Crippen LogP contribution in [0.25, 0.3) is 0 Å². The van der Waals surface area contributed by atoms with Gasteiger partial charge in [0.05, 0.1) is 5.02 Å². The topological polar surface area (TPSA) is 24.9 Å². The van der Waals surface area contributed by atoms with Crippen LogP contribution in [0.15, 0.2) is 18.3 Å². The van der Waals surface area contributed by atoms with Gasteiger partial charge in [0.15, 0.2) is 0 Å². The van der Waals surface area contributed by atoms with Crippen LogP contribution in [0.3, 0.4) is 0 Å². The summed E-state index contributed by atoms with van der Waals surface area (Å²) >= 11 is 11.8. The van der Waals surface area contributed by atoms with Gasteiger partial charge in [-0.05, 0) is 30.9 Å². The molecular formula is C12H18Cl2N2. The molecule has 0 spiro atoms. The Hall–Kier alpha value is -0.470. The third-order valence-corrected chi connectivity index (χ3v) is 3.05. The van der Waals surface area contributed by atoms with Gasteiger partial charge in [-0.1, -0.05) is 24.9 Å². The first kappa shape index (κ1) is 13.6. The summed E-state index contributed by atoms with van der Waals surface area (Å²) in [5.41, 5.74) is 0. The molecule has 16 heavy (non-hydrogen) atoms. The lowest BCUT2D eigenvalue weighted by atomic mass is 10.0. The van der Waals surface area contributed by atoms with Crippen LogP contribution < -0.4 is 5.32 Å². The van der Waals surface area contributed by atoms with E-state index in [1.165, 1.54) is 12.8 Å². The zero-order valence-electron chi connectivity index (χ0n) is 9.55.